The van der Waals surface area contributed by atoms with E-state index in [0.29, 0.717) is 18.9 Å². The smallest absolute Gasteiger partial charge is 0.276 e. The Hall–Kier alpha value is -1.04. The molecule has 0 bridgehead atoms. The minimum absolute atomic E-state index is 0.377. The predicted octanol–water partition coefficient (Wildman–Crippen LogP) is 0.494. The first kappa shape index (κ1) is 11.1. The van der Waals surface area contributed by atoms with Gasteiger partial charge in [0, 0.05) is 13.0 Å². The normalized spacial score (nSPS) is 29.8. The molecular formula is C10H9Cl2N3O2. The van der Waals surface area contributed by atoms with Crippen LogP contribution in [0.5, 0.6) is 0 Å². The molecule has 1 saturated heterocycles. The lowest BCUT2D eigenvalue weighted by Gasteiger charge is -2.31. The monoisotopic (exact) mass is 273 g/mol. The van der Waals surface area contributed by atoms with E-state index >= 15 is 0 Å². The molecule has 2 heterocycles. The zero-order valence-corrected chi connectivity index (χ0v) is 10.2. The van der Waals surface area contributed by atoms with Crippen molar-refractivity contribution in [1.29, 1.82) is 0 Å². The quantitative estimate of drug-likeness (QED) is 0.632. The summed E-state index contributed by atoms with van der Waals surface area (Å²) in [7, 11) is 0. The van der Waals surface area contributed by atoms with Gasteiger partial charge in [0.1, 0.15) is 4.33 Å². The number of hydrogen-bond acceptors (Lipinski definition) is 4. The third-order valence-electron chi connectivity index (χ3n) is 2.92. The second kappa shape index (κ2) is 3.48. The summed E-state index contributed by atoms with van der Waals surface area (Å²) >= 11 is 12.1. The van der Waals surface area contributed by atoms with E-state index in [2.05, 4.69) is 10.3 Å². The molecule has 0 aromatic rings. The van der Waals surface area contributed by atoms with Gasteiger partial charge in [0.15, 0.2) is 0 Å². The molecule has 0 radical (unpaired) electrons. The van der Waals surface area contributed by atoms with E-state index in [1.807, 2.05) is 0 Å². The summed E-state index contributed by atoms with van der Waals surface area (Å²) in [4.78, 5) is 17.0. The van der Waals surface area contributed by atoms with Crippen LogP contribution >= 0.6 is 23.2 Å². The summed E-state index contributed by atoms with van der Waals surface area (Å²) in [6, 6.07) is 0. The zero-order valence-electron chi connectivity index (χ0n) is 8.65. The molecule has 90 valence electrons. The number of alkyl halides is 2. The number of aliphatic hydroxyl groups is 1. The molecule has 17 heavy (non-hydrogen) atoms. The van der Waals surface area contributed by atoms with Crippen molar-refractivity contribution in [2.45, 2.75) is 17.0 Å². The van der Waals surface area contributed by atoms with Gasteiger partial charge >= 0.3 is 0 Å². The van der Waals surface area contributed by atoms with Crippen LogP contribution in [0.15, 0.2) is 28.4 Å². The van der Waals surface area contributed by atoms with E-state index in [9.17, 15) is 9.90 Å². The fourth-order valence-electron chi connectivity index (χ4n) is 2.08. The Morgan fingerprint density at radius 3 is 3.12 bits per heavy atom. The summed E-state index contributed by atoms with van der Waals surface area (Å²) in [5.41, 5.74) is 1.67. The number of aliphatic hydroxyl groups excluding tert-OH is 1. The number of allylic oxidation sites excluding steroid dienone is 2. The third kappa shape index (κ3) is 1.74. The first-order valence-corrected chi connectivity index (χ1v) is 5.85. The summed E-state index contributed by atoms with van der Waals surface area (Å²) in [5, 5.41) is 12.2. The highest BCUT2D eigenvalue weighted by Crippen LogP contribution is 2.38. The van der Waals surface area contributed by atoms with Crippen molar-refractivity contribution >= 4 is 35.1 Å². The maximum Gasteiger partial charge on any atom is 0.276 e. The van der Waals surface area contributed by atoms with Gasteiger partial charge in [-0.25, -0.2) is 4.99 Å². The van der Waals surface area contributed by atoms with E-state index in [0.717, 1.165) is 11.3 Å². The maximum absolute atomic E-state index is 11.3. The van der Waals surface area contributed by atoms with Crippen LogP contribution in [0.1, 0.15) is 6.42 Å². The van der Waals surface area contributed by atoms with Crippen LogP contribution in [0.2, 0.25) is 0 Å². The Bertz CT molecular complexity index is 496. The lowest BCUT2D eigenvalue weighted by Crippen LogP contribution is -2.40. The van der Waals surface area contributed by atoms with E-state index in [1.54, 1.807) is 12.2 Å². The van der Waals surface area contributed by atoms with Crippen molar-refractivity contribution < 1.29 is 9.90 Å². The Labute approximate surface area is 107 Å². The Morgan fingerprint density at radius 1 is 1.59 bits per heavy atom. The van der Waals surface area contributed by atoms with Crippen LogP contribution in [0.3, 0.4) is 0 Å². The van der Waals surface area contributed by atoms with Crippen LogP contribution in [0, 0.1) is 0 Å². The lowest BCUT2D eigenvalue weighted by molar-refractivity contribution is -0.130. The van der Waals surface area contributed by atoms with Crippen molar-refractivity contribution in [3.8, 4) is 0 Å². The Balaban J connectivity index is 1.95. The number of carbonyl (C=O) groups is 1. The van der Waals surface area contributed by atoms with E-state index in [4.69, 9.17) is 23.2 Å². The molecule has 1 unspecified atom stereocenters. The van der Waals surface area contributed by atoms with Crippen molar-refractivity contribution in [1.82, 2.24) is 10.2 Å². The first-order chi connectivity index (χ1) is 7.96. The van der Waals surface area contributed by atoms with Crippen LogP contribution in [0.25, 0.3) is 0 Å². The lowest BCUT2D eigenvalue weighted by atomic mass is 10.00. The molecule has 7 heteroatoms. The van der Waals surface area contributed by atoms with Gasteiger partial charge in [-0.3, -0.25) is 10.1 Å². The van der Waals surface area contributed by atoms with Gasteiger partial charge in [-0.2, -0.15) is 0 Å². The molecule has 0 saturated carbocycles. The molecule has 0 aromatic carbocycles. The molecule has 3 rings (SSSR count). The maximum atomic E-state index is 11.3. The zero-order chi connectivity index (χ0) is 12.2. The molecule has 1 fully saturated rings. The molecule has 0 aromatic heterocycles. The van der Waals surface area contributed by atoms with Gasteiger partial charge < -0.3 is 10.0 Å². The van der Waals surface area contributed by atoms with E-state index < -0.39 is 16.5 Å². The standard InChI is InChI=1S/C10H9Cl2N3O2/c11-10(12)2-1-6-5(3-10)4-15-8(17)7(16)14-9(15)13-6/h1-2,8,17H,3-4H2,(H,13,14,16). The largest absolute Gasteiger partial charge is 0.365 e. The number of hydrogen-bond donors (Lipinski definition) is 2. The number of nitrogens with one attached hydrogen (secondary N) is 1. The van der Waals surface area contributed by atoms with Gasteiger partial charge in [0.05, 0.1) is 5.70 Å². The highest BCUT2D eigenvalue weighted by molar-refractivity contribution is 6.50. The predicted molar refractivity (Wildman–Crippen MR) is 63.5 cm³/mol. The summed E-state index contributed by atoms with van der Waals surface area (Å²) in [6.45, 7) is 0.402. The van der Waals surface area contributed by atoms with Crippen molar-refractivity contribution in [2.75, 3.05) is 6.54 Å². The number of aliphatic imine (C=N–C) groups is 1. The molecule has 3 aliphatic rings. The van der Waals surface area contributed by atoms with Crippen LogP contribution in [0.4, 0.5) is 0 Å². The third-order valence-corrected chi connectivity index (χ3v) is 3.44. The summed E-state index contributed by atoms with van der Waals surface area (Å²) < 4.78 is -0.937. The highest BCUT2D eigenvalue weighted by Gasteiger charge is 2.40. The molecule has 1 aliphatic carbocycles. The van der Waals surface area contributed by atoms with Crippen LogP contribution in [-0.2, 0) is 4.79 Å². The molecule has 0 spiro atoms. The van der Waals surface area contributed by atoms with E-state index in [-0.39, 0.29) is 0 Å². The first-order valence-electron chi connectivity index (χ1n) is 5.10. The molecule has 5 nitrogen and oxygen atoms in total. The number of fused-ring (bicyclic) bond motifs is 1. The van der Waals surface area contributed by atoms with Gasteiger partial charge in [-0.05, 0) is 17.7 Å². The SMILES string of the molecule is O=C1NC2=NC3=C(CN2C1O)CC(Cl)(Cl)C=C3. The van der Waals surface area contributed by atoms with Gasteiger partial charge in [0.25, 0.3) is 5.91 Å². The molecular weight excluding hydrogens is 265 g/mol. The molecule has 2 N–H and O–H groups in total. The van der Waals surface area contributed by atoms with Crippen molar-refractivity contribution in [3.63, 3.8) is 0 Å². The summed E-state index contributed by atoms with van der Waals surface area (Å²) in [6.07, 6.45) is 2.66. The highest BCUT2D eigenvalue weighted by atomic mass is 35.5. The van der Waals surface area contributed by atoms with Crippen LogP contribution in [-0.4, -0.2) is 39.0 Å². The van der Waals surface area contributed by atoms with Gasteiger partial charge in [0.2, 0.25) is 12.2 Å². The number of halogens is 2. The minimum Gasteiger partial charge on any atom is -0.365 e. The van der Waals surface area contributed by atoms with E-state index in [1.165, 1.54) is 4.90 Å². The van der Waals surface area contributed by atoms with Crippen LogP contribution < -0.4 is 5.32 Å². The Kier molecular flexibility index (Phi) is 2.26. The average molecular weight is 274 g/mol. The number of rotatable bonds is 0. The average Bonchev–Trinajstić information content (AvgIpc) is 2.52. The minimum atomic E-state index is -1.19. The fourth-order valence-corrected chi connectivity index (χ4v) is 2.53. The molecule has 2 aliphatic heterocycles. The van der Waals surface area contributed by atoms with Crippen molar-refractivity contribution in [3.05, 3.63) is 23.4 Å². The number of guanidine groups is 1. The molecule has 1 atom stereocenters. The van der Waals surface area contributed by atoms with Crippen molar-refractivity contribution in [2.24, 2.45) is 4.99 Å². The van der Waals surface area contributed by atoms with Gasteiger partial charge in [-0.1, -0.05) is 23.2 Å². The van der Waals surface area contributed by atoms with Gasteiger partial charge in [-0.15, -0.1) is 0 Å². The summed E-state index contributed by atoms with van der Waals surface area (Å²) in [5.74, 6) is -0.0851. The second-order valence-corrected chi connectivity index (χ2v) is 5.73. The number of amides is 1. The second-order valence-electron chi connectivity index (χ2n) is 4.19. The number of carbonyl (C=O) groups excluding carboxylic acids is 1. The topological polar surface area (TPSA) is 64.9 Å². The molecule has 1 amide bonds. The fraction of sp³-hybridized carbons (Fsp3) is 0.400. The number of nitrogens with zero attached hydrogens (tertiary/aromatic N) is 2. The Morgan fingerprint density at radius 2 is 2.35 bits per heavy atom.